The van der Waals surface area contributed by atoms with Crippen LogP contribution in [-0.2, 0) is 26.0 Å². The van der Waals surface area contributed by atoms with Crippen LogP contribution in [0.1, 0.15) is 65.5 Å². The zero-order chi connectivity index (χ0) is 33.6. The fraction of sp³-hybridized carbons (Fsp3) is 0.513. The number of carbonyl (C=O) groups excluding carboxylic acids is 1. The third-order valence-corrected chi connectivity index (χ3v) is 12.0. The minimum Gasteiger partial charge on any atom is -0.459 e. The van der Waals surface area contributed by atoms with Crippen LogP contribution in [0.3, 0.4) is 0 Å². The molecule has 0 aromatic heterocycles. The second-order valence-corrected chi connectivity index (χ2v) is 18.5. The van der Waals surface area contributed by atoms with E-state index in [9.17, 15) is 4.79 Å². The third kappa shape index (κ3) is 10.6. The molecular formula is C39H53IN3O3Si. The summed E-state index contributed by atoms with van der Waals surface area (Å²) in [5, 5.41) is 2.56. The molecule has 6 nitrogen and oxygen atoms in total. The molecule has 3 aromatic carbocycles. The Morgan fingerprint density at radius 2 is 1.45 bits per heavy atom. The van der Waals surface area contributed by atoms with E-state index < -0.39 is 14.6 Å². The van der Waals surface area contributed by atoms with Crippen molar-refractivity contribution in [3.63, 3.8) is 0 Å². The molecule has 2 aliphatic rings. The van der Waals surface area contributed by atoms with Crippen molar-refractivity contribution in [1.29, 1.82) is 0 Å². The average Bonchev–Trinajstić information content (AvgIpc) is 3.02. The fourth-order valence-electron chi connectivity index (χ4n) is 6.59. The monoisotopic (exact) mass is 766 g/mol. The van der Waals surface area contributed by atoms with Gasteiger partial charge in [-0.25, -0.2) is 0 Å². The first-order valence-corrected chi connectivity index (χ1v) is 19.7. The highest BCUT2D eigenvalue weighted by Crippen LogP contribution is 2.27. The van der Waals surface area contributed by atoms with Crippen molar-refractivity contribution in [3.8, 4) is 0 Å². The van der Waals surface area contributed by atoms with E-state index in [0.29, 0.717) is 19.1 Å². The number of piperazine rings is 1. The molecule has 253 valence electrons. The van der Waals surface area contributed by atoms with E-state index >= 15 is 0 Å². The van der Waals surface area contributed by atoms with Crippen LogP contribution in [0.25, 0.3) is 0 Å². The molecule has 8 heteroatoms. The van der Waals surface area contributed by atoms with Crippen LogP contribution in [0, 0.1) is 9.49 Å². The van der Waals surface area contributed by atoms with Crippen molar-refractivity contribution < 1.29 is 14.0 Å². The first-order valence-electron chi connectivity index (χ1n) is 17.2. The first kappa shape index (κ1) is 36.0. The van der Waals surface area contributed by atoms with E-state index in [-0.39, 0.29) is 11.4 Å². The Labute approximate surface area is 298 Å². The topological polar surface area (TPSA) is 45.2 Å². The average molecular weight is 767 g/mol. The maximum atomic E-state index is 12.3. The minimum atomic E-state index is -1.42. The molecule has 0 bridgehead atoms. The Balaban J connectivity index is 1.17. The predicted octanol–water partition coefficient (Wildman–Crippen LogP) is 6.09. The number of benzene rings is 3. The van der Waals surface area contributed by atoms with Crippen molar-refractivity contribution in [3.05, 3.63) is 87.5 Å². The largest absolute Gasteiger partial charge is 0.459 e. The van der Waals surface area contributed by atoms with Crippen molar-refractivity contribution in [2.75, 3.05) is 57.3 Å². The Morgan fingerprint density at radius 1 is 0.809 bits per heavy atom. The second-order valence-electron chi connectivity index (χ2n) is 15.2. The van der Waals surface area contributed by atoms with E-state index in [1.54, 1.807) is 0 Å². The summed E-state index contributed by atoms with van der Waals surface area (Å²) in [4.78, 5) is 19.7. The van der Waals surface area contributed by atoms with Crippen LogP contribution >= 0.6 is 22.6 Å². The lowest BCUT2D eigenvalue weighted by molar-refractivity contribution is -0.156. The van der Waals surface area contributed by atoms with Gasteiger partial charge in [0.1, 0.15) is 5.60 Å². The standard InChI is InChI=1S/C39H53IN3O3Si/c1-38(2,3)32-12-15-35(16-13-32)47(34-10-8-7-9-11-34)45-29-31-26-33(40)14-17-36(31)43-24-22-42(23-25-43)27-30-18-20-41(21-19-30)28-37(44)46-39(4,5)6/h7-17,26,30H,18-25,27-29H2,1-6H3. The van der Waals surface area contributed by atoms with Gasteiger partial charge >= 0.3 is 5.97 Å². The van der Waals surface area contributed by atoms with Crippen LogP contribution in [0.15, 0.2) is 72.8 Å². The van der Waals surface area contributed by atoms with Gasteiger partial charge in [0.25, 0.3) is 9.04 Å². The summed E-state index contributed by atoms with van der Waals surface area (Å²) in [7, 11) is -1.42. The van der Waals surface area contributed by atoms with Gasteiger partial charge in [-0.15, -0.1) is 0 Å². The highest BCUT2D eigenvalue weighted by atomic mass is 127. The SMILES string of the molecule is CC(C)(C)OC(=O)CN1CCC(CN2CCN(c3ccc(I)cc3CO[Si](c3ccccc3)c3ccc(C(C)(C)C)cc3)CC2)CC1. The molecule has 0 atom stereocenters. The number of carbonyl (C=O) groups is 1. The number of nitrogens with zero attached hydrogens (tertiary/aromatic N) is 3. The number of esters is 1. The number of hydrogen-bond donors (Lipinski definition) is 0. The van der Waals surface area contributed by atoms with E-state index in [4.69, 9.17) is 9.16 Å². The summed E-state index contributed by atoms with van der Waals surface area (Å²) < 4.78 is 13.7. The van der Waals surface area contributed by atoms with Gasteiger partial charge in [0.05, 0.1) is 13.2 Å². The van der Waals surface area contributed by atoms with Crippen molar-refractivity contribution in [2.24, 2.45) is 5.92 Å². The molecule has 2 heterocycles. The molecule has 0 N–H and O–H groups in total. The normalized spacial score (nSPS) is 17.3. The van der Waals surface area contributed by atoms with Gasteiger partial charge in [0.15, 0.2) is 0 Å². The van der Waals surface area contributed by atoms with Gasteiger partial charge in [0, 0.05) is 47.5 Å². The lowest BCUT2D eigenvalue weighted by atomic mass is 9.87. The quantitative estimate of drug-likeness (QED) is 0.142. The molecule has 47 heavy (non-hydrogen) atoms. The highest BCUT2D eigenvalue weighted by Gasteiger charge is 2.27. The van der Waals surface area contributed by atoms with Crippen LogP contribution in [0.5, 0.6) is 0 Å². The van der Waals surface area contributed by atoms with Gasteiger partial charge in [-0.3, -0.25) is 14.6 Å². The number of piperidine rings is 1. The maximum Gasteiger partial charge on any atom is 0.320 e. The Morgan fingerprint density at radius 3 is 2.06 bits per heavy atom. The van der Waals surface area contributed by atoms with Crippen molar-refractivity contribution in [2.45, 2.75) is 72.0 Å². The first-order chi connectivity index (χ1) is 22.3. The van der Waals surface area contributed by atoms with E-state index in [1.807, 2.05) is 20.8 Å². The molecule has 1 radical (unpaired) electrons. The molecule has 0 unspecified atom stereocenters. The Hall–Kier alpha value is -2.24. The smallest absolute Gasteiger partial charge is 0.320 e. The van der Waals surface area contributed by atoms with Crippen LogP contribution in [-0.4, -0.2) is 82.8 Å². The van der Waals surface area contributed by atoms with E-state index in [1.165, 1.54) is 30.8 Å². The van der Waals surface area contributed by atoms with Crippen LogP contribution < -0.4 is 15.3 Å². The lowest BCUT2D eigenvalue weighted by Crippen LogP contribution is -2.49. The molecule has 2 saturated heterocycles. The number of anilines is 1. The maximum absolute atomic E-state index is 12.3. The summed E-state index contributed by atoms with van der Waals surface area (Å²) in [5.74, 6) is 0.578. The molecule has 0 aliphatic carbocycles. The van der Waals surface area contributed by atoms with Crippen molar-refractivity contribution in [1.82, 2.24) is 9.80 Å². The predicted molar refractivity (Wildman–Crippen MR) is 204 cm³/mol. The molecule has 5 rings (SSSR count). The molecule has 0 spiro atoms. The summed E-state index contributed by atoms with van der Waals surface area (Å²) in [5.41, 5.74) is 3.62. The molecule has 0 saturated carbocycles. The molecule has 2 aliphatic heterocycles. The highest BCUT2D eigenvalue weighted by molar-refractivity contribution is 14.1. The van der Waals surface area contributed by atoms with Gasteiger partial charge in [-0.2, -0.15) is 0 Å². The van der Waals surface area contributed by atoms with Crippen molar-refractivity contribution >= 4 is 53.7 Å². The zero-order valence-corrected chi connectivity index (χ0v) is 32.4. The lowest BCUT2D eigenvalue weighted by Gasteiger charge is -2.40. The Kier molecular flexibility index (Phi) is 12.3. The second kappa shape index (κ2) is 16.0. The van der Waals surface area contributed by atoms with E-state index in [0.717, 1.165) is 58.7 Å². The van der Waals surface area contributed by atoms with Gasteiger partial charge in [-0.05, 0) is 115 Å². The number of rotatable bonds is 10. The van der Waals surface area contributed by atoms with Gasteiger partial charge in [0.2, 0.25) is 0 Å². The van der Waals surface area contributed by atoms with Gasteiger partial charge < -0.3 is 14.1 Å². The molecule has 3 aromatic rings. The zero-order valence-electron chi connectivity index (χ0n) is 29.2. The summed E-state index contributed by atoms with van der Waals surface area (Å²) in [6.07, 6.45) is 2.29. The number of ether oxygens (including phenoxy) is 1. The van der Waals surface area contributed by atoms with Crippen LogP contribution in [0.2, 0.25) is 0 Å². The summed E-state index contributed by atoms with van der Waals surface area (Å²) in [6, 6.07) is 26.7. The number of hydrogen-bond acceptors (Lipinski definition) is 6. The van der Waals surface area contributed by atoms with E-state index in [2.05, 4.69) is 131 Å². The molecular weight excluding hydrogens is 713 g/mol. The van der Waals surface area contributed by atoms with Crippen LogP contribution in [0.4, 0.5) is 5.69 Å². The number of halogens is 1. The van der Waals surface area contributed by atoms with Gasteiger partial charge in [-0.1, -0.05) is 75.4 Å². The minimum absolute atomic E-state index is 0.112. The Bertz CT molecular complexity index is 1440. The fourth-order valence-corrected chi connectivity index (χ4v) is 9.08. The summed E-state index contributed by atoms with van der Waals surface area (Å²) >= 11 is 2.43. The third-order valence-electron chi connectivity index (χ3n) is 9.17. The summed E-state index contributed by atoms with van der Waals surface area (Å²) in [6.45, 7) is 20.9. The molecule has 2 fully saturated rings. The molecule has 0 amide bonds. The number of likely N-dealkylation sites (tertiary alicyclic amines) is 1.